The Labute approximate surface area is 135 Å². The minimum Gasteiger partial charge on any atom is -0.463 e. The van der Waals surface area contributed by atoms with Crippen LogP contribution in [0.15, 0.2) is 55.4 Å². The van der Waals surface area contributed by atoms with E-state index >= 15 is 0 Å². The van der Waals surface area contributed by atoms with Crippen LogP contribution in [0.4, 0.5) is 0 Å². The highest BCUT2D eigenvalue weighted by Crippen LogP contribution is 2.16. The summed E-state index contributed by atoms with van der Waals surface area (Å²) in [5, 5.41) is 4.79. The maximum Gasteiger partial charge on any atom is 0.282 e. The quantitative estimate of drug-likeness (QED) is 0.668. The molecule has 112 valence electrons. The molecule has 0 aliphatic rings. The molecule has 0 saturated heterocycles. The van der Waals surface area contributed by atoms with Crippen LogP contribution in [-0.4, -0.2) is 15.9 Å². The lowest BCUT2D eigenvalue weighted by atomic mass is 10.2. The first-order chi connectivity index (χ1) is 10.7. The van der Waals surface area contributed by atoms with Crippen LogP contribution in [0, 0.1) is 0 Å². The Balaban J connectivity index is 2.19. The maximum absolute atomic E-state index is 12.7. The molecule has 0 aliphatic carbocycles. The Morgan fingerprint density at radius 1 is 1.41 bits per heavy atom. The van der Waals surface area contributed by atoms with Gasteiger partial charge in [0.1, 0.15) is 11.6 Å². The van der Waals surface area contributed by atoms with Gasteiger partial charge < -0.3 is 4.42 Å². The summed E-state index contributed by atoms with van der Waals surface area (Å²) < 4.78 is 7.39. The van der Waals surface area contributed by atoms with E-state index in [9.17, 15) is 4.79 Å². The minimum absolute atomic E-state index is 0.183. The fraction of sp³-hybridized carbons (Fsp3) is 0.188. The molecule has 22 heavy (non-hydrogen) atoms. The monoisotopic (exact) mass is 359 g/mol. The standard InChI is InChI=1S/C16H14BrN3O2/c1-2-4-15-19-14-7-6-11(17)9-13(14)16(21)20(15)18-10-12-5-3-8-22-12/h3,5-10H,2,4H2,1H3. The summed E-state index contributed by atoms with van der Waals surface area (Å²) in [5.74, 6) is 1.23. The summed E-state index contributed by atoms with van der Waals surface area (Å²) in [4.78, 5) is 17.3. The van der Waals surface area contributed by atoms with Gasteiger partial charge in [-0.25, -0.2) is 4.98 Å². The lowest BCUT2D eigenvalue weighted by molar-refractivity contribution is 0.559. The molecule has 6 heteroatoms. The average molecular weight is 360 g/mol. The van der Waals surface area contributed by atoms with Gasteiger partial charge in [0.15, 0.2) is 0 Å². The highest BCUT2D eigenvalue weighted by Gasteiger charge is 2.10. The fourth-order valence-electron chi connectivity index (χ4n) is 2.18. The van der Waals surface area contributed by atoms with Gasteiger partial charge in [-0.15, -0.1) is 0 Å². The van der Waals surface area contributed by atoms with Crippen molar-refractivity contribution < 1.29 is 4.42 Å². The van der Waals surface area contributed by atoms with E-state index in [2.05, 4.69) is 26.0 Å². The van der Waals surface area contributed by atoms with Crippen LogP contribution in [-0.2, 0) is 6.42 Å². The lowest BCUT2D eigenvalue weighted by Gasteiger charge is -2.08. The van der Waals surface area contributed by atoms with Gasteiger partial charge in [-0.3, -0.25) is 4.79 Å². The second kappa shape index (κ2) is 6.27. The SMILES string of the molecule is CCCc1nc2ccc(Br)cc2c(=O)n1N=Cc1ccco1. The zero-order valence-corrected chi connectivity index (χ0v) is 13.6. The molecule has 0 fully saturated rings. The number of benzene rings is 1. The third-order valence-corrected chi connectivity index (χ3v) is 3.69. The van der Waals surface area contributed by atoms with Crippen molar-refractivity contribution >= 4 is 33.0 Å². The summed E-state index contributed by atoms with van der Waals surface area (Å²) >= 11 is 3.38. The molecule has 3 rings (SSSR count). The van der Waals surface area contributed by atoms with Crippen molar-refractivity contribution in [1.29, 1.82) is 0 Å². The predicted octanol–water partition coefficient (Wildman–Crippen LogP) is 3.59. The van der Waals surface area contributed by atoms with Crippen LogP contribution in [0.1, 0.15) is 24.9 Å². The van der Waals surface area contributed by atoms with Crippen LogP contribution in [0.3, 0.4) is 0 Å². The molecular weight excluding hydrogens is 346 g/mol. The molecule has 0 atom stereocenters. The summed E-state index contributed by atoms with van der Waals surface area (Å²) in [6.45, 7) is 2.04. The summed E-state index contributed by atoms with van der Waals surface area (Å²) in [7, 11) is 0. The van der Waals surface area contributed by atoms with Crippen LogP contribution in [0.25, 0.3) is 10.9 Å². The van der Waals surface area contributed by atoms with E-state index in [1.54, 1.807) is 24.5 Å². The zero-order valence-electron chi connectivity index (χ0n) is 12.0. The van der Waals surface area contributed by atoms with Crippen molar-refractivity contribution in [3.05, 3.63) is 63.0 Å². The molecule has 0 bridgehead atoms. The number of halogens is 1. The topological polar surface area (TPSA) is 60.4 Å². The molecule has 2 aromatic heterocycles. The number of nitrogens with zero attached hydrogens (tertiary/aromatic N) is 3. The van der Waals surface area contributed by atoms with Crippen molar-refractivity contribution in [3.63, 3.8) is 0 Å². The average Bonchev–Trinajstić information content (AvgIpc) is 3.01. The molecular formula is C16H14BrN3O2. The lowest BCUT2D eigenvalue weighted by Crippen LogP contribution is -2.22. The van der Waals surface area contributed by atoms with Gasteiger partial charge in [-0.2, -0.15) is 9.78 Å². The third kappa shape index (κ3) is 2.87. The van der Waals surface area contributed by atoms with Crippen LogP contribution >= 0.6 is 15.9 Å². The second-order valence-corrected chi connectivity index (χ2v) is 5.73. The number of rotatable bonds is 4. The molecule has 5 nitrogen and oxygen atoms in total. The Morgan fingerprint density at radius 3 is 3.00 bits per heavy atom. The van der Waals surface area contributed by atoms with Gasteiger partial charge in [-0.05, 0) is 36.8 Å². The number of fused-ring (bicyclic) bond motifs is 1. The second-order valence-electron chi connectivity index (χ2n) is 4.82. The summed E-state index contributed by atoms with van der Waals surface area (Å²) in [6.07, 6.45) is 4.64. The molecule has 3 aromatic rings. The molecule has 0 spiro atoms. The van der Waals surface area contributed by atoms with Crippen LogP contribution < -0.4 is 5.56 Å². The number of hydrogen-bond acceptors (Lipinski definition) is 4. The smallest absolute Gasteiger partial charge is 0.282 e. The van der Waals surface area contributed by atoms with Crippen LogP contribution in [0.5, 0.6) is 0 Å². The van der Waals surface area contributed by atoms with Crippen molar-refractivity contribution in [1.82, 2.24) is 9.66 Å². The van der Waals surface area contributed by atoms with E-state index in [-0.39, 0.29) is 5.56 Å². The van der Waals surface area contributed by atoms with Crippen molar-refractivity contribution in [2.24, 2.45) is 5.10 Å². The van der Waals surface area contributed by atoms with Crippen molar-refractivity contribution in [2.45, 2.75) is 19.8 Å². The van der Waals surface area contributed by atoms with E-state index < -0.39 is 0 Å². The van der Waals surface area contributed by atoms with Gasteiger partial charge in [0.25, 0.3) is 5.56 Å². The van der Waals surface area contributed by atoms with Crippen molar-refractivity contribution in [2.75, 3.05) is 0 Å². The highest BCUT2D eigenvalue weighted by molar-refractivity contribution is 9.10. The number of aromatic nitrogens is 2. The van der Waals surface area contributed by atoms with Gasteiger partial charge >= 0.3 is 0 Å². The van der Waals surface area contributed by atoms with Gasteiger partial charge in [0, 0.05) is 10.9 Å². The summed E-state index contributed by atoms with van der Waals surface area (Å²) in [5.41, 5.74) is 0.499. The normalized spacial score (nSPS) is 11.5. The van der Waals surface area contributed by atoms with E-state index in [0.29, 0.717) is 28.9 Å². The van der Waals surface area contributed by atoms with Gasteiger partial charge in [-0.1, -0.05) is 22.9 Å². The van der Waals surface area contributed by atoms with Gasteiger partial charge in [0.2, 0.25) is 0 Å². The minimum atomic E-state index is -0.183. The van der Waals surface area contributed by atoms with Crippen molar-refractivity contribution in [3.8, 4) is 0 Å². The first-order valence-corrected chi connectivity index (χ1v) is 7.77. The van der Waals surface area contributed by atoms with E-state index in [1.807, 2.05) is 19.1 Å². The maximum atomic E-state index is 12.7. The molecule has 0 unspecified atom stereocenters. The molecule has 0 radical (unpaired) electrons. The Hall–Kier alpha value is -2.21. The molecule has 0 saturated carbocycles. The predicted molar refractivity (Wildman–Crippen MR) is 89.4 cm³/mol. The molecule has 0 amide bonds. The molecule has 0 N–H and O–H groups in total. The van der Waals surface area contributed by atoms with E-state index in [1.165, 1.54) is 10.9 Å². The van der Waals surface area contributed by atoms with E-state index in [0.717, 1.165) is 10.9 Å². The number of aryl methyl sites for hydroxylation is 1. The molecule has 0 aliphatic heterocycles. The fourth-order valence-corrected chi connectivity index (χ4v) is 2.54. The van der Waals surface area contributed by atoms with E-state index in [4.69, 9.17) is 4.42 Å². The first kappa shape index (κ1) is 14.7. The third-order valence-electron chi connectivity index (χ3n) is 3.19. The van der Waals surface area contributed by atoms with Crippen LogP contribution in [0.2, 0.25) is 0 Å². The number of furan rings is 1. The highest BCUT2D eigenvalue weighted by atomic mass is 79.9. The molecule has 2 heterocycles. The van der Waals surface area contributed by atoms with Gasteiger partial charge in [0.05, 0.1) is 23.4 Å². The largest absolute Gasteiger partial charge is 0.463 e. The first-order valence-electron chi connectivity index (χ1n) is 6.98. The molecule has 1 aromatic carbocycles. The Morgan fingerprint density at radius 2 is 2.27 bits per heavy atom. The Kier molecular flexibility index (Phi) is 4.20. The Bertz CT molecular complexity index is 882. The zero-order chi connectivity index (χ0) is 15.5. The summed E-state index contributed by atoms with van der Waals surface area (Å²) in [6, 6.07) is 9.02. The number of hydrogen-bond donors (Lipinski definition) is 0.